The van der Waals surface area contributed by atoms with E-state index in [2.05, 4.69) is 9.71 Å². The second kappa shape index (κ2) is 4.97. The Kier molecular flexibility index (Phi) is 3.26. The van der Waals surface area contributed by atoms with Crippen LogP contribution in [-0.4, -0.2) is 13.4 Å². The van der Waals surface area contributed by atoms with E-state index in [1.165, 1.54) is 47.7 Å². The van der Waals surface area contributed by atoms with E-state index in [0.717, 1.165) is 0 Å². The molecule has 0 aliphatic carbocycles. The molecule has 3 aromatic rings. The Morgan fingerprint density at radius 1 is 1.14 bits per heavy atom. The number of benzene rings is 2. The van der Waals surface area contributed by atoms with E-state index in [1.54, 1.807) is 6.07 Å². The van der Waals surface area contributed by atoms with Gasteiger partial charge in [-0.05, 0) is 42.5 Å². The van der Waals surface area contributed by atoms with Crippen molar-refractivity contribution in [2.24, 2.45) is 0 Å². The number of sulfonamides is 1. The quantitative estimate of drug-likeness (QED) is 0.776. The maximum Gasteiger partial charge on any atom is 0.261 e. The SMILES string of the molecule is Nc1nc2ccc(S(=O)(=O)Nc3ccc(F)cc3)cc2s1. The minimum Gasteiger partial charge on any atom is -0.375 e. The molecule has 0 spiro atoms. The molecule has 1 aromatic heterocycles. The smallest absolute Gasteiger partial charge is 0.261 e. The molecule has 0 saturated carbocycles. The van der Waals surface area contributed by atoms with Gasteiger partial charge in [-0.3, -0.25) is 4.72 Å². The van der Waals surface area contributed by atoms with Crippen molar-refractivity contribution >= 4 is 42.4 Å². The van der Waals surface area contributed by atoms with Gasteiger partial charge in [0.15, 0.2) is 5.13 Å². The number of nitrogens with one attached hydrogen (secondary N) is 1. The van der Waals surface area contributed by atoms with E-state index in [9.17, 15) is 12.8 Å². The molecule has 21 heavy (non-hydrogen) atoms. The summed E-state index contributed by atoms with van der Waals surface area (Å²) in [7, 11) is -3.74. The maximum atomic E-state index is 12.8. The van der Waals surface area contributed by atoms with Gasteiger partial charge in [0.1, 0.15) is 5.82 Å². The number of fused-ring (bicyclic) bond motifs is 1. The van der Waals surface area contributed by atoms with Gasteiger partial charge in [0.2, 0.25) is 0 Å². The molecule has 0 bridgehead atoms. The fourth-order valence-electron chi connectivity index (χ4n) is 1.82. The summed E-state index contributed by atoms with van der Waals surface area (Å²) in [6.45, 7) is 0. The van der Waals surface area contributed by atoms with Gasteiger partial charge in [-0.2, -0.15) is 0 Å². The molecule has 0 amide bonds. The first-order valence-corrected chi connectivity index (χ1v) is 8.18. The van der Waals surface area contributed by atoms with Crippen molar-refractivity contribution in [3.63, 3.8) is 0 Å². The van der Waals surface area contributed by atoms with Gasteiger partial charge in [-0.1, -0.05) is 11.3 Å². The average molecular weight is 323 g/mol. The van der Waals surface area contributed by atoms with Crippen LogP contribution >= 0.6 is 11.3 Å². The predicted molar refractivity (Wildman–Crippen MR) is 81.2 cm³/mol. The van der Waals surface area contributed by atoms with Crippen LogP contribution in [0.5, 0.6) is 0 Å². The number of nitrogen functional groups attached to an aromatic ring is 1. The predicted octanol–water partition coefficient (Wildman–Crippen LogP) is 2.82. The Labute approximate surface area is 124 Å². The first kappa shape index (κ1) is 13.8. The van der Waals surface area contributed by atoms with E-state index in [1.807, 2.05) is 0 Å². The molecule has 0 unspecified atom stereocenters. The van der Waals surface area contributed by atoms with Gasteiger partial charge in [0.05, 0.1) is 15.1 Å². The fourth-order valence-corrected chi connectivity index (χ4v) is 3.75. The summed E-state index contributed by atoms with van der Waals surface area (Å²) in [4.78, 5) is 4.17. The van der Waals surface area contributed by atoms with Crippen molar-refractivity contribution in [2.75, 3.05) is 10.5 Å². The highest BCUT2D eigenvalue weighted by Gasteiger charge is 2.15. The number of rotatable bonds is 3. The zero-order valence-corrected chi connectivity index (χ0v) is 12.2. The largest absolute Gasteiger partial charge is 0.375 e. The van der Waals surface area contributed by atoms with E-state index in [4.69, 9.17) is 5.73 Å². The lowest BCUT2D eigenvalue weighted by atomic mass is 10.3. The lowest BCUT2D eigenvalue weighted by Gasteiger charge is -2.07. The molecule has 0 saturated heterocycles. The Morgan fingerprint density at radius 3 is 2.57 bits per heavy atom. The van der Waals surface area contributed by atoms with E-state index in [0.29, 0.717) is 21.0 Å². The van der Waals surface area contributed by atoms with Gasteiger partial charge in [0, 0.05) is 5.69 Å². The first-order chi connectivity index (χ1) is 9.94. The number of hydrogen-bond donors (Lipinski definition) is 2. The highest BCUT2D eigenvalue weighted by Crippen LogP contribution is 2.27. The number of nitrogens with zero attached hydrogens (tertiary/aromatic N) is 1. The summed E-state index contributed by atoms with van der Waals surface area (Å²) in [6.07, 6.45) is 0. The van der Waals surface area contributed by atoms with Crippen molar-refractivity contribution in [3.8, 4) is 0 Å². The summed E-state index contributed by atoms with van der Waals surface area (Å²) in [5.74, 6) is -0.431. The Balaban J connectivity index is 1.97. The van der Waals surface area contributed by atoms with Gasteiger partial charge < -0.3 is 5.73 Å². The minimum absolute atomic E-state index is 0.1000. The number of anilines is 2. The van der Waals surface area contributed by atoms with Crippen LogP contribution < -0.4 is 10.5 Å². The van der Waals surface area contributed by atoms with Crippen LogP contribution in [0.3, 0.4) is 0 Å². The number of aromatic nitrogens is 1. The van der Waals surface area contributed by atoms with Crippen LogP contribution in [0.4, 0.5) is 15.2 Å². The molecule has 0 aliphatic rings. The molecule has 3 N–H and O–H groups in total. The highest BCUT2D eigenvalue weighted by molar-refractivity contribution is 7.92. The summed E-state index contributed by atoms with van der Waals surface area (Å²) < 4.78 is 40.5. The van der Waals surface area contributed by atoms with Crippen LogP contribution in [0.25, 0.3) is 10.2 Å². The number of thiazole rings is 1. The minimum atomic E-state index is -3.74. The van der Waals surface area contributed by atoms with Crippen LogP contribution in [0.1, 0.15) is 0 Å². The van der Waals surface area contributed by atoms with Crippen molar-refractivity contribution in [2.45, 2.75) is 4.90 Å². The molecule has 0 radical (unpaired) electrons. The van der Waals surface area contributed by atoms with Crippen molar-refractivity contribution < 1.29 is 12.8 Å². The van der Waals surface area contributed by atoms with E-state index in [-0.39, 0.29) is 4.90 Å². The molecule has 5 nitrogen and oxygen atoms in total. The number of nitrogens with two attached hydrogens (primary N) is 1. The first-order valence-electron chi connectivity index (χ1n) is 5.88. The molecule has 2 aromatic carbocycles. The van der Waals surface area contributed by atoms with Crippen molar-refractivity contribution in [1.82, 2.24) is 4.98 Å². The molecule has 0 atom stereocenters. The van der Waals surface area contributed by atoms with E-state index < -0.39 is 15.8 Å². The number of halogens is 1. The summed E-state index contributed by atoms with van der Waals surface area (Å²) >= 11 is 1.22. The standard InChI is InChI=1S/C13H10FN3O2S2/c14-8-1-3-9(4-2-8)17-21(18,19)10-5-6-11-12(7-10)20-13(15)16-11/h1-7,17H,(H2,15,16). The Morgan fingerprint density at radius 2 is 1.86 bits per heavy atom. The maximum absolute atomic E-state index is 12.8. The molecule has 0 aliphatic heterocycles. The zero-order valence-electron chi connectivity index (χ0n) is 10.6. The second-order valence-electron chi connectivity index (χ2n) is 4.29. The number of hydrogen-bond acceptors (Lipinski definition) is 5. The Bertz CT molecular complexity index is 905. The van der Waals surface area contributed by atoms with Crippen LogP contribution in [-0.2, 0) is 10.0 Å². The molecule has 108 valence electrons. The molecule has 1 heterocycles. The normalized spacial score (nSPS) is 11.7. The van der Waals surface area contributed by atoms with Crippen molar-refractivity contribution in [1.29, 1.82) is 0 Å². The summed E-state index contributed by atoms with van der Waals surface area (Å²) in [5.41, 5.74) is 6.54. The van der Waals surface area contributed by atoms with Crippen LogP contribution in [0.15, 0.2) is 47.4 Å². The third-order valence-electron chi connectivity index (χ3n) is 2.78. The van der Waals surface area contributed by atoms with Crippen LogP contribution in [0.2, 0.25) is 0 Å². The lowest BCUT2D eigenvalue weighted by Crippen LogP contribution is -2.12. The van der Waals surface area contributed by atoms with Gasteiger partial charge in [0.25, 0.3) is 10.0 Å². The average Bonchev–Trinajstić information content (AvgIpc) is 2.80. The van der Waals surface area contributed by atoms with Gasteiger partial charge in [-0.15, -0.1) is 0 Å². The van der Waals surface area contributed by atoms with Crippen LogP contribution in [0, 0.1) is 5.82 Å². The zero-order chi connectivity index (χ0) is 15.0. The monoisotopic (exact) mass is 323 g/mol. The molecule has 0 fully saturated rings. The fraction of sp³-hybridized carbons (Fsp3) is 0. The Hall–Kier alpha value is -2.19. The highest BCUT2D eigenvalue weighted by atomic mass is 32.2. The lowest BCUT2D eigenvalue weighted by molar-refractivity contribution is 0.601. The molecular weight excluding hydrogens is 313 g/mol. The van der Waals surface area contributed by atoms with Crippen molar-refractivity contribution in [3.05, 3.63) is 48.3 Å². The topological polar surface area (TPSA) is 85.1 Å². The third-order valence-corrected chi connectivity index (χ3v) is 5.01. The van der Waals surface area contributed by atoms with Gasteiger partial charge in [-0.25, -0.2) is 17.8 Å². The summed E-state index contributed by atoms with van der Waals surface area (Å²) in [5, 5.41) is 0.381. The molecule has 8 heteroatoms. The second-order valence-corrected chi connectivity index (χ2v) is 7.04. The molecule has 3 rings (SSSR count). The third kappa shape index (κ3) is 2.81. The summed E-state index contributed by atoms with van der Waals surface area (Å²) in [6, 6.07) is 9.64. The van der Waals surface area contributed by atoms with E-state index >= 15 is 0 Å². The molecular formula is C13H10FN3O2S2. The van der Waals surface area contributed by atoms with Gasteiger partial charge >= 0.3 is 0 Å².